The number of nitrogen functional groups attached to an aromatic ring is 1. The van der Waals surface area contributed by atoms with Crippen molar-refractivity contribution in [3.63, 3.8) is 0 Å². The highest BCUT2D eigenvalue weighted by atomic mass is 35.5. The molecule has 0 spiro atoms. The van der Waals surface area contributed by atoms with Crippen LogP contribution in [0.3, 0.4) is 0 Å². The van der Waals surface area contributed by atoms with Crippen molar-refractivity contribution in [3.8, 4) is 0 Å². The van der Waals surface area contributed by atoms with Crippen molar-refractivity contribution >= 4 is 23.4 Å². The topological polar surface area (TPSA) is 55.6 Å². The van der Waals surface area contributed by atoms with Crippen molar-refractivity contribution in [2.45, 2.75) is 32.3 Å². The molecule has 2 rings (SSSR count). The van der Waals surface area contributed by atoms with Crippen molar-refractivity contribution in [2.75, 3.05) is 18.8 Å². The number of rotatable bonds is 1. The van der Waals surface area contributed by atoms with Gasteiger partial charge in [0.1, 0.15) is 5.60 Å². The smallest absolute Gasteiger partial charge is 0.410 e. The summed E-state index contributed by atoms with van der Waals surface area (Å²) in [5.41, 5.74) is 6.89. The Bertz CT molecular complexity index is 491. The Kier molecular flexibility index (Phi) is 3.63. The van der Waals surface area contributed by atoms with Crippen LogP contribution >= 0.6 is 11.6 Å². The van der Waals surface area contributed by atoms with Crippen molar-refractivity contribution in [2.24, 2.45) is 0 Å². The normalized spacial score (nSPS) is 16.1. The van der Waals surface area contributed by atoms with Crippen molar-refractivity contribution in [1.82, 2.24) is 4.90 Å². The summed E-state index contributed by atoms with van der Waals surface area (Å²) in [7, 11) is 0. The van der Waals surface area contributed by atoms with E-state index in [9.17, 15) is 4.79 Å². The first kappa shape index (κ1) is 14.0. The average Bonchev–Trinajstić information content (AvgIpc) is 2.16. The van der Waals surface area contributed by atoms with Crippen LogP contribution in [0, 0.1) is 0 Å². The molecule has 0 atom stereocenters. The number of benzene rings is 1. The first-order valence-corrected chi connectivity index (χ1v) is 6.67. The predicted molar refractivity (Wildman–Crippen MR) is 76.4 cm³/mol. The van der Waals surface area contributed by atoms with Gasteiger partial charge < -0.3 is 15.4 Å². The highest BCUT2D eigenvalue weighted by Gasteiger charge is 2.35. The van der Waals surface area contributed by atoms with Crippen LogP contribution in [-0.4, -0.2) is 29.7 Å². The second kappa shape index (κ2) is 4.93. The maximum atomic E-state index is 11.8. The highest BCUT2D eigenvalue weighted by molar-refractivity contribution is 6.31. The van der Waals surface area contributed by atoms with Crippen molar-refractivity contribution in [1.29, 1.82) is 0 Å². The van der Waals surface area contributed by atoms with Gasteiger partial charge in [0.15, 0.2) is 0 Å². The van der Waals surface area contributed by atoms with E-state index in [1.54, 1.807) is 11.0 Å². The van der Waals surface area contributed by atoms with Crippen LogP contribution < -0.4 is 5.73 Å². The van der Waals surface area contributed by atoms with Gasteiger partial charge in [-0.1, -0.05) is 17.7 Å². The SMILES string of the molecule is CC(C)(C)OC(=O)N1CC(c2ccc(N)cc2Cl)C1. The molecule has 1 heterocycles. The van der Waals surface area contributed by atoms with Gasteiger partial charge in [-0.05, 0) is 38.5 Å². The molecule has 1 amide bonds. The van der Waals surface area contributed by atoms with Crippen molar-refractivity contribution < 1.29 is 9.53 Å². The number of ether oxygens (including phenoxy) is 1. The van der Waals surface area contributed by atoms with Gasteiger partial charge in [-0.15, -0.1) is 0 Å². The molecule has 1 fully saturated rings. The number of nitrogens with two attached hydrogens (primary N) is 1. The fraction of sp³-hybridized carbons (Fsp3) is 0.500. The fourth-order valence-corrected chi connectivity index (χ4v) is 2.37. The maximum absolute atomic E-state index is 11.8. The largest absolute Gasteiger partial charge is 0.444 e. The van der Waals surface area contributed by atoms with E-state index >= 15 is 0 Å². The van der Waals surface area contributed by atoms with E-state index in [4.69, 9.17) is 22.1 Å². The molecule has 1 aliphatic heterocycles. The molecule has 0 unspecified atom stereocenters. The maximum Gasteiger partial charge on any atom is 0.410 e. The Morgan fingerprint density at radius 1 is 1.42 bits per heavy atom. The number of hydrogen-bond acceptors (Lipinski definition) is 3. The summed E-state index contributed by atoms with van der Waals surface area (Å²) in [5, 5.41) is 0.661. The molecule has 19 heavy (non-hydrogen) atoms. The summed E-state index contributed by atoms with van der Waals surface area (Å²) >= 11 is 6.16. The first-order valence-electron chi connectivity index (χ1n) is 6.29. The number of anilines is 1. The summed E-state index contributed by atoms with van der Waals surface area (Å²) in [5.74, 6) is 0.264. The quantitative estimate of drug-likeness (QED) is 0.805. The number of hydrogen-bond donors (Lipinski definition) is 1. The lowest BCUT2D eigenvalue weighted by Gasteiger charge is -2.40. The first-order chi connectivity index (χ1) is 8.76. The van der Waals surface area contributed by atoms with E-state index in [-0.39, 0.29) is 12.0 Å². The second-order valence-corrected chi connectivity index (χ2v) is 6.27. The van der Waals surface area contributed by atoms with E-state index < -0.39 is 5.60 Å². The number of carbonyl (C=O) groups excluding carboxylic acids is 1. The summed E-state index contributed by atoms with van der Waals surface area (Å²) in [6.07, 6.45) is -0.268. The van der Waals surface area contributed by atoms with Gasteiger partial charge in [0.2, 0.25) is 0 Å². The minimum absolute atomic E-state index is 0.264. The summed E-state index contributed by atoms with van der Waals surface area (Å²) < 4.78 is 5.31. The standard InChI is InChI=1S/C14H19ClN2O2/c1-14(2,3)19-13(18)17-7-9(8-17)11-5-4-10(16)6-12(11)15/h4-6,9H,7-8,16H2,1-3H3. The van der Waals surface area contributed by atoms with Gasteiger partial charge in [-0.3, -0.25) is 0 Å². The Balaban J connectivity index is 1.94. The van der Waals surface area contributed by atoms with Crippen LogP contribution in [0.25, 0.3) is 0 Å². The molecular formula is C14H19ClN2O2. The van der Waals surface area contributed by atoms with Gasteiger partial charge >= 0.3 is 6.09 Å². The molecule has 1 saturated heterocycles. The molecule has 1 aliphatic rings. The zero-order valence-corrected chi connectivity index (χ0v) is 12.2. The third-order valence-corrected chi connectivity index (χ3v) is 3.32. The molecule has 4 nitrogen and oxygen atoms in total. The molecule has 1 aromatic carbocycles. The van der Waals surface area contributed by atoms with Gasteiger partial charge in [0.05, 0.1) is 0 Å². The fourth-order valence-electron chi connectivity index (χ4n) is 2.03. The molecule has 0 aliphatic carbocycles. The molecule has 0 saturated carbocycles. The van der Waals surface area contributed by atoms with Crippen LogP contribution in [0.5, 0.6) is 0 Å². The molecule has 0 bridgehead atoms. The van der Waals surface area contributed by atoms with E-state index in [0.29, 0.717) is 23.8 Å². The van der Waals surface area contributed by atoms with Crippen LogP contribution in [-0.2, 0) is 4.74 Å². The number of halogens is 1. The number of nitrogens with zero attached hydrogens (tertiary/aromatic N) is 1. The van der Waals surface area contributed by atoms with E-state index in [1.807, 2.05) is 32.9 Å². The Hall–Kier alpha value is -1.42. The van der Waals surface area contributed by atoms with Crippen LogP contribution in [0.4, 0.5) is 10.5 Å². The highest BCUT2D eigenvalue weighted by Crippen LogP contribution is 2.33. The molecule has 5 heteroatoms. The third-order valence-electron chi connectivity index (χ3n) is 3.00. The van der Waals surface area contributed by atoms with E-state index in [1.165, 1.54) is 0 Å². The summed E-state index contributed by atoms with van der Waals surface area (Å²) in [6, 6.07) is 5.50. The van der Waals surface area contributed by atoms with Crippen LogP contribution in [0.1, 0.15) is 32.3 Å². The number of amides is 1. The Morgan fingerprint density at radius 3 is 2.58 bits per heavy atom. The molecule has 0 radical (unpaired) electrons. The molecule has 0 aromatic heterocycles. The van der Waals surface area contributed by atoms with E-state index in [2.05, 4.69) is 0 Å². The lowest BCUT2D eigenvalue weighted by Crippen LogP contribution is -2.50. The Labute approximate surface area is 118 Å². The molecule has 1 aromatic rings. The average molecular weight is 283 g/mol. The molecular weight excluding hydrogens is 264 g/mol. The van der Waals surface area contributed by atoms with Crippen LogP contribution in [0.15, 0.2) is 18.2 Å². The van der Waals surface area contributed by atoms with Gasteiger partial charge in [0.25, 0.3) is 0 Å². The molecule has 104 valence electrons. The molecule has 2 N–H and O–H groups in total. The van der Waals surface area contributed by atoms with E-state index in [0.717, 1.165) is 5.56 Å². The number of carbonyl (C=O) groups is 1. The lowest BCUT2D eigenvalue weighted by atomic mass is 9.91. The predicted octanol–water partition coefficient (Wildman–Crippen LogP) is 3.26. The van der Waals surface area contributed by atoms with Gasteiger partial charge in [0, 0.05) is 29.7 Å². The monoisotopic (exact) mass is 282 g/mol. The minimum Gasteiger partial charge on any atom is -0.444 e. The number of likely N-dealkylation sites (tertiary alicyclic amines) is 1. The second-order valence-electron chi connectivity index (χ2n) is 5.86. The minimum atomic E-state index is -0.457. The van der Waals surface area contributed by atoms with Gasteiger partial charge in [-0.2, -0.15) is 0 Å². The lowest BCUT2D eigenvalue weighted by molar-refractivity contribution is 0.00820. The van der Waals surface area contributed by atoms with Crippen LogP contribution in [0.2, 0.25) is 5.02 Å². The zero-order valence-electron chi connectivity index (χ0n) is 11.4. The Morgan fingerprint density at radius 2 is 2.05 bits per heavy atom. The van der Waals surface area contributed by atoms with Crippen molar-refractivity contribution in [3.05, 3.63) is 28.8 Å². The van der Waals surface area contributed by atoms with Gasteiger partial charge in [-0.25, -0.2) is 4.79 Å². The summed E-state index contributed by atoms with van der Waals surface area (Å²) in [4.78, 5) is 13.5. The summed E-state index contributed by atoms with van der Waals surface area (Å²) in [6.45, 7) is 6.86. The zero-order chi connectivity index (χ0) is 14.2. The third kappa shape index (κ3) is 3.32.